The number of nitrogens with zero attached hydrogens (tertiary/aromatic N) is 1. The Labute approximate surface area is 197 Å². The highest BCUT2D eigenvalue weighted by Gasteiger charge is 2.27. The van der Waals surface area contributed by atoms with Gasteiger partial charge in [-0.2, -0.15) is 0 Å². The first-order valence-corrected chi connectivity index (χ1v) is 12.2. The van der Waals surface area contributed by atoms with Gasteiger partial charge in [0.2, 0.25) is 0 Å². The van der Waals surface area contributed by atoms with Gasteiger partial charge in [-0.25, -0.2) is 0 Å². The van der Waals surface area contributed by atoms with E-state index in [2.05, 4.69) is 35.1 Å². The number of hydrogen-bond acceptors (Lipinski definition) is 4. The van der Waals surface area contributed by atoms with Crippen LogP contribution in [0.1, 0.15) is 78.7 Å². The molecule has 1 heterocycles. The van der Waals surface area contributed by atoms with E-state index in [0.29, 0.717) is 22.9 Å². The summed E-state index contributed by atoms with van der Waals surface area (Å²) in [5.41, 5.74) is 4.71. The summed E-state index contributed by atoms with van der Waals surface area (Å²) in [4.78, 5) is 30.8. The number of aryl methyl sites for hydroxylation is 2. The first-order valence-electron chi connectivity index (χ1n) is 12.2. The lowest BCUT2D eigenvalue weighted by atomic mass is 9.83. The molecular formula is C27H39N3O3. The number of methoxy groups -OCH3 is 1. The molecule has 180 valence electrons. The van der Waals surface area contributed by atoms with E-state index in [1.165, 1.54) is 32.1 Å². The summed E-state index contributed by atoms with van der Waals surface area (Å²) in [5, 5.41) is 2.95. The summed E-state index contributed by atoms with van der Waals surface area (Å²) < 4.78 is 5.57. The van der Waals surface area contributed by atoms with E-state index in [4.69, 9.17) is 4.74 Å². The van der Waals surface area contributed by atoms with Crippen molar-refractivity contribution in [1.82, 2.24) is 10.3 Å². The number of amides is 1. The molecule has 0 saturated heterocycles. The topological polar surface area (TPSA) is 74.4 Å². The molecule has 1 saturated carbocycles. The molecule has 3 rings (SSSR count). The van der Waals surface area contributed by atoms with Crippen LogP contribution in [0.4, 0.5) is 5.69 Å². The van der Waals surface area contributed by atoms with Crippen LogP contribution in [-0.2, 0) is 6.54 Å². The first kappa shape index (κ1) is 24.9. The second kappa shape index (κ2) is 10.9. The average molecular weight is 454 g/mol. The van der Waals surface area contributed by atoms with Gasteiger partial charge in [0.15, 0.2) is 0 Å². The molecule has 6 heteroatoms. The van der Waals surface area contributed by atoms with Crippen molar-refractivity contribution in [3.05, 3.63) is 56.5 Å². The Kier molecular flexibility index (Phi) is 8.22. The smallest absolute Gasteiger partial charge is 0.253 e. The van der Waals surface area contributed by atoms with Crippen molar-refractivity contribution in [3.8, 4) is 5.75 Å². The van der Waals surface area contributed by atoms with Crippen molar-refractivity contribution >= 4 is 11.6 Å². The molecule has 2 aromatic rings. The fourth-order valence-electron chi connectivity index (χ4n) is 5.18. The number of anilines is 1. The van der Waals surface area contributed by atoms with Gasteiger partial charge in [0.25, 0.3) is 11.5 Å². The van der Waals surface area contributed by atoms with E-state index < -0.39 is 0 Å². The highest BCUT2D eigenvalue weighted by Crippen LogP contribution is 2.36. The van der Waals surface area contributed by atoms with Gasteiger partial charge >= 0.3 is 0 Å². The number of benzene rings is 1. The third kappa shape index (κ3) is 5.60. The molecule has 0 bridgehead atoms. The lowest BCUT2D eigenvalue weighted by molar-refractivity contribution is 0.0949. The van der Waals surface area contributed by atoms with Crippen molar-refractivity contribution in [2.24, 2.45) is 5.92 Å². The van der Waals surface area contributed by atoms with Gasteiger partial charge < -0.3 is 19.9 Å². The van der Waals surface area contributed by atoms with Crippen LogP contribution in [0.3, 0.4) is 0 Å². The Hall–Kier alpha value is -2.76. The van der Waals surface area contributed by atoms with Crippen LogP contribution in [0.5, 0.6) is 5.75 Å². The number of nitrogens with one attached hydrogen (secondary N) is 2. The van der Waals surface area contributed by atoms with Gasteiger partial charge in [0.05, 0.1) is 7.11 Å². The number of rotatable bonds is 8. The van der Waals surface area contributed by atoms with Crippen molar-refractivity contribution < 1.29 is 9.53 Å². The van der Waals surface area contributed by atoms with Crippen LogP contribution in [0.25, 0.3) is 0 Å². The molecule has 33 heavy (non-hydrogen) atoms. The van der Waals surface area contributed by atoms with Gasteiger partial charge in [-0.15, -0.1) is 0 Å². The Morgan fingerprint density at radius 2 is 1.82 bits per heavy atom. The molecule has 0 spiro atoms. The zero-order valence-corrected chi connectivity index (χ0v) is 21.0. The van der Waals surface area contributed by atoms with Crippen LogP contribution in [0.15, 0.2) is 23.0 Å². The minimum absolute atomic E-state index is 0.157. The van der Waals surface area contributed by atoms with E-state index in [9.17, 15) is 9.59 Å². The highest BCUT2D eigenvalue weighted by atomic mass is 16.5. The number of carbonyl (C=O) groups excluding carboxylic acids is 1. The summed E-state index contributed by atoms with van der Waals surface area (Å²) >= 11 is 0. The summed E-state index contributed by atoms with van der Waals surface area (Å²) in [7, 11) is 1.63. The van der Waals surface area contributed by atoms with Crippen molar-refractivity contribution in [3.63, 3.8) is 0 Å². The molecule has 1 aromatic carbocycles. The second-order valence-corrected chi connectivity index (χ2v) is 9.31. The van der Waals surface area contributed by atoms with Crippen LogP contribution in [0.2, 0.25) is 0 Å². The summed E-state index contributed by atoms with van der Waals surface area (Å²) in [6.07, 6.45) is 6.14. The lowest BCUT2D eigenvalue weighted by Crippen LogP contribution is -2.39. The van der Waals surface area contributed by atoms with E-state index in [1.54, 1.807) is 13.2 Å². The predicted octanol–water partition coefficient (Wildman–Crippen LogP) is 5.03. The third-order valence-electron chi connectivity index (χ3n) is 7.24. The minimum atomic E-state index is -0.197. The van der Waals surface area contributed by atoms with E-state index in [-0.39, 0.29) is 18.0 Å². The first-order chi connectivity index (χ1) is 15.8. The van der Waals surface area contributed by atoms with Gasteiger partial charge in [-0.1, -0.05) is 13.3 Å². The molecule has 2 N–H and O–H groups in total. The Balaban J connectivity index is 1.86. The van der Waals surface area contributed by atoms with Crippen LogP contribution >= 0.6 is 0 Å². The molecule has 1 fully saturated rings. The molecule has 1 aliphatic rings. The van der Waals surface area contributed by atoms with Crippen molar-refractivity contribution in [2.45, 2.75) is 79.3 Å². The van der Waals surface area contributed by atoms with Crippen LogP contribution < -0.4 is 20.5 Å². The zero-order valence-electron chi connectivity index (χ0n) is 21.0. The number of aromatic amines is 1. The standard InChI is InChI=1S/C27H39N3O3/c1-7-20-9-11-21(12-10-20)30(8-2)25-15-22(33-6)14-23(19(25)5)26(31)28-16-24-17(3)13-18(4)29-27(24)32/h13-15,20-21H,7-12,16H2,1-6H3,(H,28,31)(H,29,32)/t20-,21-. The van der Waals surface area contributed by atoms with Crippen LogP contribution in [0, 0.1) is 26.7 Å². The third-order valence-corrected chi connectivity index (χ3v) is 7.24. The lowest BCUT2D eigenvalue weighted by Gasteiger charge is -2.39. The Morgan fingerprint density at radius 1 is 1.12 bits per heavy atom. The normalized spacial score (nSPS) is 18.1. The molecule has 0 radical (unpaired) electrons. The average Bonchev–Trinajstić information content (AvgIpc) is 2.80. The maximum Gasteiger partial charge on any atom is 0.253 e. The molecule has 6 nitrogen and oxygen atoms in total. The maximum absolute atomic E-state index is 13.2. The molecule has 1 aliphatic carbocycles. The van der Waals surface area contributed by atoms with Crippen molar-refractivity contribution in [2.75, 3.05) is 18.6 Å². The highest BCUT2D eigenvalue weighted by molar-refractivity contribution is 5.97. The summed E-state index contributed by atoms with van der Waals surface area (Å²) in [5.74, 6) is 1.31. The van der Waals surface area contributed by atoms with E-state index in [0.717, 1.165) is 35.0 Å². The molecule has 0 unspecified atom stereocenters. The van der Waals surface area contributed by atoms with Crippen molar-refractivity contribution in [1.29, 1.82) is 0 Å². The molecular weight excluding hydrogens is 414 g/mol. The fraction of sp³-hybridized carbons (Fsp3) is 0.556. The SMILES string of the molecule is CCN(c1cc(OC)cc(C(=O)NCc2c(C)cc(C)[nH]c2=O)c1C)[C@H]1CC[C@H](CC)CC1. The minimum Gasteiger partial charge on any atom is -0.497 e. The predicted molar refractivity (Wildman–Crippen MR) is 134 cm³/mol. The Morgan fingerprint density at radius 3 is 2.39 bits per heavy atom. The number of hydrogen-bond donors (Lipinski definition) is 2. The van der Waals surface area contributed by atoms with Gasteiger partial charge in [0, 0.05) is 47.7 Å². The molecule has 0 aliphatic heterocycles. The van der Waals surface area contributed by atoms with Gasteiger partial charge in [-0.3, -0.25) is 9.59 Å². The zero-order chi connectivity index (χ0) is 24.1. The number of aromatic nitrogens is 1. The van der Waals surface area contributed by atoms with Gasteiger partial charge in [0.1, 0.15) is 5.75 Å². The number of carbonyl (C=O) groups is 1. The molecule has 0 atom stereocenters. The number of H-pyrrole nitrogens is 1. The maximum atomic E-state index is 13.2. The largest absolute Gasteiger partial charge is 0.497 e. The van der Waals surface area contributed by atoms with E-state index >= 15 is 0 Å². The van der Waals surface area contributed by atoms with Gasteiger partial charge in [-0.05, 0) is 82.6 Å². The summed E-state index contributed by atoms with van der Waals surface area (Å²) in [6, 6.07) is 6.25. The van der Waals surface area contributed by atoms with Crippen LogP contribution in [-0.4, -0.2) is 30.6 Å². The fourth-order valence-corrected chi connectivity index (χ4v) is 5.18. The summed E-state index contributed by atoms with van der Waals surface area (Å²) in [6.45, 7) is 11.3. The second-order valence-electron chi connectivity index (χ2n) is 9.31. The Bertz CT molecular complexity index is 1040. The number of pyridine rings is 1. The molecule has 1 amide bonds. The quantitative estimate of drug-likeness (QED) is 0.588. The van der Waals surface area contributed by atoms with E-state index in [1.807, 2.05) is 26.8 Å². The molecule has 1 aromatic heterocycles. The number of ether oxygens (including phenoxy) is 1. The monoisotopic (exact) mass is 453 g/mol.